The molecule has 1 atom stereocenters. The van der Waals surface area contributed by atoms with Gasteiger partial charge in [0.1, 0.15) is 6.04 Å². The van der Waals surface area contributed by atoms with Crippen LogP contribution >= 0.6 is 0 Å². The number of hydrogen-bond donors (Lipinski definition) is 1. The molecule has 0 aromatic heterocycles. The average molecular weight is 425 g/mol. The van der Waals surface area contributed by atoms with Gasteiger partial charge in [-0.2, -0.15) is 0 Å². The number of carbonyl (C=O) groups is 4. The predicted molar refractivity (Wildman–Crippen MR) is 113 cm³/mol. The minimum absolute atomic E-state index is 0.123. The van der Waals surface area contributed by atoms with Crippen molar-refractivity contribution in [1.82, 2.24) is 20.0 Å². The molecule has 0 radical (unpaired) electrons. The maximum absolute atomic E-state index is 13.0. The number of nitrogens with zero attached hydrogens (tertiary/aromatic N) is 4. The number of hydrogen-bond acceptors (Lipinski definition) is 7. The first-order chi connectivity index (χ1) is 14.9. The van der Waals surface area contributed by atoms with E-state index in [-0.39, 0.29) is 18.7 Å². The van der Waals surface area contributed by atoms with Crippen molar-refractivity contribution in [3.05, 3.63) is 29.3 Å². The van der Waals surface area contributed by atoms with Crippen LogP contribution in [0.1, 0.15) is 33.6 Å². The van der Waals surface area contributed by atoms with Crippen molar-refractivity contribution >= 4 is 29.3 Å². The number of carbonyl (C=O) groups excluding carboxylic acids is 4. The average Bonchev–Trinajstić information content (AvgIpc) is 2.96. The minimum atomic E-state index is -0.925. The lowest BCUT2D eigenvalue weighted by molar-refractivity contribution is -0.136. The van der Waals surface area contributed by atoms with Gasteiger partial charge in [-0.05, 0) is 31.7 Å². The molecule has 0 aliphatic carbocycles. The van der Waals surface area contributed by atoms with Gasteiger partial charge in [0.05, 0.1) is 11.1 Å². The zero-order chi connectivity index (χ0) is 21.7. The lowest BCUT2D eigenvalue weighted by Gasteiger charge is -2.44. The quantitative estimate of drug-likeness (QED) is 0.666. The fraction of sp³-hybridized carbons (Fsp3) is 0.545. The summed E-state index contributed by atoms with van der Waals surface area (Å²) in [5.74, 6) is -1.26. The first-order valence-corrected chi connectivity index (χ1v) is 10.9. The highest BCUT2D eigenvalue weighted by Gasteiger charge is 2.45. The zero-order valence-corrected chi connectivity index (χ0v) is 17.7. The molecule has 0 bridgehead atoms. The van der Waals surface area contributed by atoms with Gasteiger partial charge in [-0.25, -0.2) is 0 Å². The summed E-state index contributed by atoms with van der Waals surface area (Å²) in [5, 5.41) is 2.22. The zero-order valence-electron chi connectivity index (χ0n) is 17.7. The molecule has 0 saturated carbocycles. The first kappa shape index (κ1) is 20.1. The van der Waals surface area contributed by atoms with Gasteiger partial charge in [-0.1, -0.05) is 0 Å². The summed E-state index contributed by atoms with van der Waals surface area (Å²) < 4.78 is 0. The third-order valence-electron chi connectivity index (χ3n) is 6.86. The Labute approximate surface area is 180 Å². The Kier molecular flexibility index (Phi) is 5.02. The summed E-state index contributed by atoms with van der Waals surface area (Å²) in [5.41, 5.74) is 1.60. The predicted octanol–water partition coefficient (Wildman–Crippen LogP) is -0.229. The molecule has 164 valence electrons. The van der Waals surface area contributed by atoms with E-state index in [1.54, 1.807) is 12.1 Å². The molecule has 4 amide bonds. The molecule has 1 N–H and O–H groups in total. The monoisotopic (exact) mass is 425 g/mol. The molecular weight excluding hydrogens is 398 g/mol. The van der Waals surface area contributed by atoms with E-state index in [2.05, 4.69) is 27.1 Å². The molecule has 31 heavy (non-hydrogen) atoms. The van der Waals surface area contributed by atoms with Gasteiger partial charge in [-0.3, -0.25) is 29.4 Å². The Balaban J connectivity index is 1.24. The van der Waals surface area contributed by atoms with Gasteiger partial charge in [0.25, 0.3) is 11.8 Å². The second-order valence-corrected chi connectivity index (χ2v) is 9.05. The molecule has 3 fully saturated rings. The Hall–Kier alpha value is -2.78. The highest BCUT2D eigenvalue weighted by Crippen LogP contribution is 2.33. The standard InChI is InChI=1S/C22H27N5O4/c1-24-6-8-25(9-7-24)11-14-12-26(13-14)15-2-3-16-17(10-15)22(31)27(21(16)30)18-4-5-19(28)23-20(18)29/h2-3,10,14,18H,4-9,11-13H2,1H3,(H,23,28,29). The van der Waals surface area contributed by atoms with Gasteiger partial charge < -0.3 is 14.7 Å². The molecule has 1 unspecified atom stereocenters. The van der Waals surface area contributed by atoms with Crippen molar-refractivity contribution in [2.24, 2.45) is 5.92 Å². The lowest BCUT2D eigenvalue weighted by Crippen LogP contribution is -2.54. The van der Waals surface area contributed by atoms with Crippen LogP contribution < -0.4 is 10.2 Å². The number of piperidine rings is 1. The van der Waals surface area contributed by atoms with Crippen LogP contribution in [0.3, 0.4) is 0 Å². The van der Waals surface area contributed by atoms with E-state index >= 15 is 0 Å². The number of likely N-dealkylation sites (N-methyl/N-ethyl adjacent to an activating group) is 1. The molecule has 9 nitrogen and oxygen atoms in total. The van der Waals surface area contributed by atoms with Crippen LogP contribution in [-0.2, 0) is 9.59 Å². The number of piperazine rings is 1. The van der Waals surface area contributed by atoms with E-state index in [0.29, 0.717) is 17.0 Å². The summed E-state index contributed by atoms with van der Waals surface area (Å²) in [6, 6.07) is 4.41. The van der Waals surface area contributed by atoms with E-state index in [4.69, 9.17) is 0 Å². The number of imide groups is 2. The highest BCUT2D eigenvalue weighted by atomic mass is 16.2. The molecule has 5 rings (SSSR count). The third-order valence-corrected chi connectivity index (χ3v) is 6.86. The Bertz CT molecular complexity index is 949. The maximum Gasteiger partial charge on any atom is 0.262 e. The number of rotatable bonds is 4. The van der Waals surface area contributed by atoms with Crippen molar-refractivity contribution in [3.63, 3.8) is 0 Å². The molecular formula is C22H27N5O4. The van der Waals surface area contributed by atoms with Crippen LogP contribution in [0, 0.1) is 5.92 Å². The second-order valence-electron chi connectivity index (χ2n) is 9.05. The van der Waals surface area contributed by atoms with Gasteiger partial charge in [0.15, 0.2) is 0 Å². The minimum Gasteiger partial charge on any atom is -0.371 e. The maximum atomic E-state index is 13.0. The third kappa shape index (κ3) is 3.61. The Morgan fingerprint density at radius 3 is 2.39 bits per heavy atom. The Morgan fingerprint density at radius 1 is 0.968 bits per heavy atom. The van der Waals surface area contributed by atoms with Gasteiger partial charge in [0, 0.05) is 63.8 Å². The molecule has 0 spiro atoms. The van der Waals surface area contributed by atoms with E-state index in [0.717, 1.165) is 56.4 Å². The number of fused-ring (bicyclic) bond motifs is 1. The van der Waals surface area contributed by atoms with Crippen LogP contribution in [0.5, 0.6) is 0 Å². The smallest absolute Gasteiger partial charge is 0.262 e. The number of nitrogens with one attached hydrogen (secondary N) is 1. The van der Waals surface area contributed by atoms with Crippen molar-refractivity contribution in [3.8, 4) is 0 Å². The molecule has 4 aliphatic rings. The fourth-order valence-corrected chi connectivity index (χ4v) is 4.95. The van der Waals surface area contributed by atoms with Crippen LogP contribution in [-0.4, -0.2) is 97.2 Å². The summed E-state index contributed by atoms with van der Waals surface area (Å²) >= 11 is 0. The molecule has 1 aromatic rings. The normalized spacial score (nSPS) is 25.6. The first-order valence-electron chi connectivity index (χ1n) is 10.9. The van der Waals surface area contributed by atoms with E-state index in [1.165, 1.54) is 0 Å². The van der Waals surface area contributed by atoms with Gasteiger partial charge >= 0.3 is 0 Å². The van der Waals surface area contributed by atoms with Crippen LogP contribution in [0.4, 0.5) is 5.69 Å². The second kappa shape index (κ2) is 7.72. The van der Waals surface area contributed by atoms with Crippen LogP contribution in [0.15, 0.2) is 18.2 Å². The molecule has 1 aromatic carbocycles. The van der Waals surface area contributed by atoms with Gasteiger partial charge in [0.2, 0.25) is 11.8 Å². The van der Waals surface area contributed by atoms with Gasteiger partial charge in [-0.15, -0.1) is 0 Å². The van der Waals surface area contributed by atoms with Crippen LogP contribution in [0.25, 0.3) is 0 Å². The van der Waals surface area contributed by atoms with Crippen molar-refractivity contribution in [1.29, 1.82) is 0 Å². The summed E-state index contributed by atoms with van der Waals surface area (Å²) in [4.78, 5) is 57.5. The molecule has 4 aliphatic heterocycles. The summed E-state index contributed by atoms with van der Waals surface area (Å²) in [6.07, 6.45) is 0.292. The SMILES string of the molecule is CN1CCN(CC2CN(c3ccc4c(c3)C(=O)N(C3CCC(=O)NC3=O)C4=O)C2)CC1. The lowest BCUT2D eigenvalue weighted by atomic mass is 9.97. The number of anilines is 1. The Morgan fingerprint density at radius 2 is 1.68 bits per heavy atom. The van der Waals surface area contributed by atoms with Crippen molar-refractivity contribution < 1.29 is 19.2 Å². The van der Waals surface area contributed by atoms with Crippen molar-refractivity contribution in [2.45, 2.75) is 18.9 Å². The fourth-order valence-electron chi connectivity index (χ4n) is 4.95. The highest BCUT2D eigenvalue weighted by molar-refractivity contribution is 6.23. The molecule has 3 saturated heterocycles. The van der Waals surface area contributed by atoms with E-state index in [9.17, 15) is 19.2 Å². The topological polar surface area (TPSA) is 93.3 Å². The summed E-state index contributed by atoms with van der Waals surface area (Å²) in [6.45, 7) is 7.41. The van der Waals surface area contributed by atoms with Crippen molar-refractivity contribution in [2.75, 3.05) is 57.8 Å². The molecule has 4 heterocycles. The van der Waals surface area contributed by atoms with E-state index in [1.807, 2.05) is 6.07 Å². The van der Waals surface area contributed by atoms with Crippen LogP contribution in [0.2, 0.25) is 0 Å². The van der Waals surface area contributed by atoms with E-state index < -0.39 is 23.8 Å². The number of benzene rings is 1. The largest absolute Gasteiger partial charge is 0.371 e. The molecule has 9 heteroatoms. The number of amides is 4. The summed E-state index contributed by atoms with van der Waals surface area (Å²) in [7, 11) is 2.16.